The van der Waals surface area contributed by atoms with Crippen LogP contribution in [0.3, 0.4) is 0 Å². The van der Waals surface area contributed by atoms with Gasteiger partial charge in [0.1, 0.15) is 18.0 Å². The molecular formula is C14H25N5. The number of nitrogens with zero attached hydrogens (tertiary/aromatic N) is 4. The van der Waals surface area contributed by atoms with Gasteiger partial charge in [-0.2, -0.15) is 0 Å². The predicted octanol–water partition coefficient (Wildman–Crippen LogP) is 1.61. The molecule has 2 rings (SSSR count). The molecule has 0 aromatic carbocycles. The zero-order valence-electron chi connectivity index (χ0n) is 12.5. The number of rotatable bonds is 4. The van der Waals surface area contributed by atoms with Crippen LogP contribution in [0.1, 0.15) is 25.8 Å². The first kappa shape index (κ1) is 14.1. The summed E-state index contributed by atoms with van der Waals surface area (Å²) in [5.74, 6) is 2.08. The van der Waals surface area contributed by atoms with Gasteiger partial charge in [0.2, 0.25) is 0 Å². The summed E-state index contributed by atoms with van der Waals surface area (Å²) in [6.07, 6.45) is 3.80. The van der Waals surface area contributed by atoms with Crippen LogP contribution in [0.4, 0.5) is 11.6 Å². The fourth-order valence-electron chi connectivity index (χ4n) is 2.61. The zero-order valence-corrected chi connectivity index (χ0v) is 12.5. The molecule has 1 N–H and O–H groups in total. The zero-order chi connectivity index (χ0) is 13.8. The Kier molecular flexibility index (Phi) is 4.58. The van der Waals surface area contributed by atoms with Crippen molar-refractivity contribution in [2.24, 2.45) is 0 Å². The topological polar surface area (TPSA) is 44.3 Å². The second kappa shape index (κ2) is 6.19. The monoisotopic (exact) mass is 263 g/mol. The van der Waals surface area contributed by atoms with Gasteiger partial charge in [0.05, 0.1) is 0 Å². The Morgan fingerprint density at radius 1 is 1.37 bits per heavy atom. The smallest absolute Gasteiger partial charge is 0.137 e. The van der Waals surface area contributed by atoms with E-state index in [4.69, 9.17) is 0 Å². The summed E-state index contributed by atoms with van der Waals surface area (Å²) in [6, 6.07) is 0.566. The Balaban J connectivity index is 2.28. The quantitative estimate of drug-likeness (QED) is 0.894. The fourth-order valence-corrected chi connectivity index (χ4v) is 2.61. The molecule has 5 nitrogen and oxygen atoms in total. The molecular weight excluding hydrogens is 238 g/mol. The number of anilines is 2. The van der Waals surface area contributed by atoms with Crippen LogP contribution in [-0.2, 0) is 6.42 Å². The molecule has 0 spiro atoms. The van der Waals surface area contributed by atoms with E-state index in [0.29, 0.717) is 6.04 Å². The third kappa shape index (κ3) is 2.97. The van der Waals surface area contributed by atoms with Gasteiger partial charge in [-0.1, -0.05) is 13.3 Å². The molecule has 106 valence electrons. The first-order chi connectivity index (χ1) is 9.17. The molecule has 1 saturated heterocycles. The predicted molar refractivity (Wildman–Crippen MR) is 79.9 cm³/mol. The first-order valence-electron chi connectivity index (χ1n) is 7.14. The largest absolute Gasteiger partial charge is 0.373 e. The molecule has 1 atom stereocenters. The molecule has 1 fully saturated rings. The Hall–Kier alpha value is -1.36. The molecule has 0 bridgehead atoms. The van der Waals surface area contributed by atoms with E-state index in [2.05, 4.69) is 46.0 Å². The molecule has 0 radical (unpaired) electrons. The number of aromatic nitrogens is 2. The van der Waals surface area contributed by atoms with Crippen LogP contribution in [0.25, 0.3) is 0 Å². The Morgan fingerprint density at radius 2 is 2.16 bits per heavy atom. The van der Waals surface area contributed by atoms with Crippen LogP contribution >= 0.6 is 0 Å². The van der Waals surface area contributed by atoms with Gasteiger partial charge in [-0.3, -0.25) is 0 Å². The fraction of sp³-hybridized carbons (Fsp3) is 0.714. The van der Waals surface area contributed by atoms with Crippen molar-refractivity contribution in [3.8, 4) is 0 Å². The third-order valence-corrected chi connectivity index (χ3v) is 3.92. The van der Waals surface area contributed by atoms with Gasteiger partial charge in [-0.25, -0.2) is 9.97 Å². The lowest BCUT2D eigenvalue weighted by molar-refractivity contribution is 0.233. The van der Waals surface area contributed by atoms with Gasteiger partial charge in [-0.15, -0.1) is 0 Å². The van der Waals surface area contributed by atoms with Gasteiger partial charge in [0.15, 0.2) is 0 Å². The maximum absolute atomic E-state index is 4.55. The van der Waals surface area contributed by atoms with Crippen molar-refractivity contribution in [3.63, 3.8) is 0 Å². The Bertz CT molecular complexity index is 420. The van der Waals surface area contributed by atoms with E-state index in [1.807, 2.05) is 7.05 Å². The van der Waals surface area contributed by atoms with E-state index in [1.54, 1.807) is 6.33 Å². The summed E-state index contributed by atoms with van der Waals surface area (Å²) in [6.45, 7) is 7.63. The first-order valence-corrected chi connectivity index (χ1v) is 7.14. The second-order valence-corrected chi connectivity index (χ2v) is 5.30. The van der Waals surface area contributed by atoms with Crippen LogP contribution in [0.5, 0.6) is 0 Å². The maximum Gasteiger partial charge on any atom is 0.137 e. The lowest BCUT2D eigenvalue weighted by atomic mass is 10.1. The molecule has 19 heavy (non-hydrogen) atoms. The molecule has 0 amide bonds. The number of hydrogen-bond acceptors (Lipinski definition) is 5. The van der Waals surface area contributed by atoms with Crippen molar-refractivity contribution >= 4 is 11.6 Å². The number of piperazine rings is 1. The standard InChI is InChI=1S/C14H25N5/c1-5-6-12-13(15-3)16-10-17-14(12)19-8-7-18(4)11(2)9-19/h10-11H,5-9H2,1-4H3,(H,15,16,17). The van der Waals surface area contributed by atoms with Gasteiger partial charge in [0.25, 0.3) is 0 Å². The maximum atomic E-state index is 4.55. The molecule has 1 unspecified atom stereocenters. The summed E-state index contributed by atoms with van der Waals surface area (Å²) in [7, 11) is 4.12. The third-order valence-electron chi connectivity index (χ3n) is 3.92. The minimum atomic E-state index is 0.566. The summed E-state index contributed by atoms with van der Waals surface area (Å²) in [4.78, 5) is 13.7. The van der Waals surface area contributed by atoms with Crippen LogP contribution in [-0.4, -0.2) is 54.6 Å². The molecule has 1 aromatic heterocycles. The highest BCUT2D eigenvalue weighted by atomic mass is 15.3. The van der Waals surface area contributed by atoms with Gasteiger partial charge >= 0.3 is 0 Å². The Morgan fingerprint density at radius 3 is 2.79 bits per heavy atom. The van der Waals surface area contributed by atoms with E-state index in [-0.39, 0.29) is 0 Å². The Labute approximate surface area is 116 Å². The average Bonchev–Trinajstić information content (AvgIpc) is 2.42. The SMILES string of the molecule is CCCc1c(NC)ncnc1N1CCN(C)C(C)C1. The number of hydrogen-bond donors (Lipinski definition) is 1. The molecule has 1 aromatic rings. The molecule has 5 heteroatoms. The van der Waals surface area contributed by atoms with Crippen molar-refractivity contribution in [1.29, 1.82) is 0 Å². The van der Waals surface area contributed by atoms with Crippen LogP contribution in [0.2, 0.25) is 0 Å². The van der Waals surface area contributed by atoms with Crippen molar-refractivity contribution in [2.45, 2.75) is 32.7 Å². The van der Waals surface area contributed by atoms with E-state index >= 15 is 0 Å². The van der Waals surface area contributed by atoms with Gasteiger partial charge in [-0.05, 0) is 20.4 Å². The minimum Gasteiger partial charge on any atom is -0.373 e. The van der Waals surface area contributed by atoms with Crippen LogP contribution < -0.4 is 10.2 Å². The van der Waals surface area contributed by atoms with Crippen molar-refractivity contribution in [1.82, 2.24) is 14.9 Å². The number of likely N-dealkylation sites (N-methyl/N-ethyl adjacent to an activating group) is 1. The van der Waals surface area contributed by atoms with Gasteiger partial charge < -0.3 is 15.1 Å². The molecule has 1 aliphatic heterocycles. The highest BCUT2D eigenvalue weighted by Crippen LogP contribution is 2.26. The van der Waals surface area contributed by atoms with E-state index in [0.717, 1.165) is 44.1 Å². The lowest BCUT2D eigenvalue weighted by Gasteiger charge is -2.39. The normalized spacial score (nSPS) is 20.6. The molecule has 0 saturated carbocycles. The van der Waals surface area contributed by atoms with Crippen molar-refractivity contribution < 1.29 is 0 Å². The molecule has 0 aliphatic carbocycles. The average molecular weight is 263 g/mol. The summed E-state index contributed by atoms with van der Waals surface area (Å²) in [5, 5.41) is 3.19. The lowest BCUT2D eigenvalue weighted by Crippen LogP contribution is -2.50. The minimum absolute atomic E-state index is 0.566. The van der Waals surface area contributed by atoms with E-state index < -0.39 is 0 Å². The summed E-state index contributed by atoms with van der Waals surface area (Å²) >= 11 is 0. The summed E-state index contributed by atoms with van der Waals surface area (Å²) in [5.41, 5.74) is 1.25. The van der Waals surface area contributed by atoms with Crippen molar-refractivity contribution in [3.05, 3.63) is 11.9 Å². The number of nitrogens with one attached hydrogen (secondary N) is 1. The summed E-state index contributed by atoms with van der Waals surface area (Å²) < 4.78 is 0. The molecule has 2 heterocycles. The highest BCUT2D eigenvalue weighted by molar-refractivity contribution is 5.59. The second-order valence-electron chi connectivity index (χ2n) is 5.30. The van der Waals surface area contributed by atoms with E-state index in [9.17, 15) is 0 Å². The van der Waals surface area contributed by atoms with Gasteiger partial charge in [0, 0.05) is 38.3 Å². The van der Waals surface area contributed by atoms with Crippen LogP contribution in [0, 0.1) is 0 Å². The van der Waals surface area contributed by atoms with Crippen molar-refractivity contribution in [2.75, 3.05) is 43.9 Å². The molecule has 1 aliphatic rings. The van der Waals surface area contributed by atoms with E-state index in [1.165, 1.54) is 5.56 Å². The highest BCUT2D eigenvalue weighted by Gasteiger charge is 2.24. The van der Waals surface area contributed by atoms with Crippen LogP contribution in [0.15, 0.2) is 6.33 Å².